The third-order valence-electron chi connectivity index (χ3n) is 4.20. The molecule has 2 unspecified atom stereocenters. The predicted octanol–water partition coefficient (Wildman–Crippen LogP) is 2.37. The Bertz CT molecular complexity index is 421. The summed E-state index contributed by atoms with van der Waals surface area (Å²) in [5, 5.41) is 12.3. The minimum Gasteiger partial charge on any atom is -0.493 e. The summed E-state index contributed by atoms with van der Waals surface area (Å²) in [6.45, 7) is 1.30. The van der Waals surface area contributed by atoms with Gasteiger partial charge in [0.1, 0.15) is 5.75 Å². The summed E-state index contributed by atoms with van der Waals surface area (Å²) in [5.74, 6) is 1.58. The first-order valence-corrected chi connectivity index (χ1v) is 7.85. The van der Waals surface area contributed by atoms with Crippen molar-refractivity contribution in [2.75, 3.05) is 19.8 Å². The van der Waals surface area contributed by atoms with Crippen LogP contribution in [-0.4, -0.2) is 30.8 Å². The number of ether oxygens (including phenoxy) is 1. The van der Waals surface area contributed by atoms with E-state index in [2.05, 4.69) is 5.32 Å². The molecule has 0 heterocycles. The molecule has 4 heteroatoms. The van der Waals surface area contributed by atoms with Crippen molar-refractivity contribution in [3.05, 3.63) is 30.3 Å². The lowest BCUT2D eigenvalue weighted by atomic mass is 9.79. The van der Waals surface area contributed by atoms with Crippen LogP contribution >= 0.6 is 0 Å². The Morgan fingerprint density at radius 3 is 2.62 bits per heavy atom. The van der Waals surface area contributed by atoms with Crippen LogP contribution in [0.1, 0.15) is 32.1 Å². The highest BCUT2D eigenvalue weighted by atomic mass is 16.5. The van der Waals surface area contributed by atoms with Gasteiger partial charge < -0.3 is 15.2 Å². The Morgan fingerprint density at radius 1 is 1.19 bits per heavy atom. The second-order valence-corrected chi connectivity index (χ2v) is 5.70. The maximum absolute atomic E-state index is 11.8. The summed E-state index contributed by atoms with van der Waals surface area (Å²) in [5.41, 5.74) is 0. The quantitative estimate of drug-likeness (QED) is 0.811. The van der Waals surface area contributed by atoms with Crippen LogP contribution in [0.5, 0.6) is 5.75 Å². The number of hydrogen-bond donors (Lipinski definition) is 2. The Labute approximate surface area is 126 Å². The van der Waals surface area contributed by atoms with Gasteiger partial charge >= 0.3 is 0 Å². The van der Waals surface area contributed by atoms with Gasteiger partial charge in [-0.3, -0.25) is 4.79 Å². The zero-order valence-corrected chi connectivity index (χ0v) is 12.5. The number of para-hydroxylation sites is 1. The molecule has 1 aromatic carbocycles. The molecule has 0 spiro atoms. The van der Waals surface area contributed by atoms with E-state index < -0.39 is 0 Å². The number of hydrogen-bond acceptors (Lipinski definition) is 3. The summed E-state index contributed by atoms with van der Waals surface area (Å²) in [6.07, 6.45) is 4.94. The van der Waals surface area contributed by atoms with E-state index in [0.717, 1.165) is 18.6 Å². The average molecular weight is 291 g/mol. The van der Waals surface area contributed by atoms with Crippen molar-refractivity contribution in [1.82, 2.24) is 5.32 Å². The molecule has 0 bridgehead atoms. The number of benzene rings is 1. The fourth-order valence-electron chi connectivity index (χ4n) is 2.91. The topological polar surface area (TPSA) is 58.6 Å². The van der Waals surface area contributed by atoms with Crippen LogP contribution in [0, 0.1) is 11.8 Å². The van der Waals surface area contributed by atoms with Gasteiger partial charge in [-0.1, -0.05) is 31.0 Å². The maximum Gasteiger partial charge on any atom is 0.223 e. The number of aliphatic hydroxyl groups is 1. The summed E-state index contributed by atoms with van der Waals surface area (Å²) in [7, 11) is 0. The highest BCUT2D eigenvalue weighted by Crippen LogP contribution is 2.29. The molecule has 0 aliphatic heterocycles. The summed E-state index contributed by atoms with van der Waals surface area (Å²) >= 11 is 0. The first-order chi connectivity index (χ1) is 10.3. The van der Waals surface area contributed by atoms with Crippen LogP contribution in [0.25, 0.3) is 0 Å². The first-order valence-electron chi connectivity index (χ1n) is 7.85. The number of amides is 1. The van der Waals surface area contributed by atoms with Crippen LogP contribution < -0.4 is 10.1 Å². The third kappa shape index (κ3) is 5.38. The van der Waals surface area contributed by atoms with Crippen molar-refractivity contribution >= 4 is 5.91 Å². The van der Waals surface area contributed by atoms with Crippen molar-refractivity contribution in [1.29, 1.82) is 0 Å². The number of carbonyl (C=O) groups excluding carboxylic acids is 1. The lowest BCUT2D eigenvalue weighted by Gasteiger charge is -2.30. The highest BCUT2D eigenvalue weighted by Gasteiger charge is 2.24. The van der Waals surface area contributed by atoms with E-state index in [0.29, 0.717) is 31.4 Å². The molecule has 1 aliphatic rings. The molecule has 1 aromatic rings. The normalized spacial score (nSPS) is 21.8. The molecule has 1 fully saturated rings. The second-order valence-electron chi connectivity index (χ2n) is 5.70. The fraction of sp³-hybridized carbons (Fsp3) is 0.588. The van der Waals surface area contributed by atoms with Gasteiger partial charge in [-0.15, -0.1) is 0 Å². The molecule has 2 N–H and O–H groups in total. The van der Waals surface area contributed by atoms with Crippen molar-refractivity contribution in [2.24, 2.45) is 11.8 Å². The van der Waals surface area contributed by atoms with Gasteiger partial charge in [-0.2, -0.15) is 0 Å². The molecule has 0 saturated heterocycles. The molecule has 0 aromatic heterocycles. The van der Waals surface area contributed by atoms with Crippen LogP contribution in [0.3, 0.4) is 0 Å². The van der Waals surface area contributed by atoms with Gasteiger partial charge in [0.05, 0.1) is 13.0 Å². The first kappa shape index (κ1) is 15.8. The average Bonchev–Trinajstić information content (AvgIpc) is 2.54. The molecule has 21 heavy (non-hydrogen) atoms. The van der Waals surface area contributed by atoms with Gasteiger partial charge in [0, 0.05) is 13.2 Å². The lowest BCUT2D eigenvalue weighted by Crippen LogP contribution is -2.35. The van der Waals surface area contributed by atoms with Crippen LogP contribution in [-0.2, 0) is 4.79 Å². The molecule has 116 valence electrons. The van der Waals surface area contributed by atoms with Gasteiger partial charge in [0.25, 0.3) is 0 Å². The molecule has 2 rings (SSSR count). The standard InChI is InChI=1S/C17H25NO3/c19-13-15-7-5-4-6-14(15)12-18-17(20)10-11-21-16-8-2-1-3-9-16/h1-3,8-9,14-15,19H,4-7,10-13H2,(H,18,20). The molecule has 4 nitrogen and oxygen atoms in total. The SMILES string of the molecule is O=C(CCOc1ccccc1)NCC1CCCCC1CO. The minimum atomic E-state index is 0.0215. The Hall–Kier alpha value is -1.55. The summed E-state index contributed by atoms with van der Waals surface area (Å²) in [4.78, 5) is 11.8. The van der Waals surface area contributed by atoms with Crippen LogP contribution in [0.2, 0.25) is 0 Å². The molecular formula is C17H25NO3. The van der Waals surface area contributed by atoms with Gasteiger partial charge in [-0.25, -0.2) is 0 Å². The van der Waals surface area contributed by atoms with E-state index in [1.807, 2.05) is 30.3 Å². The smallest absolute Gasteiger partial charge is 0.223 e. The highest BCUT2D eigenvalue weighted by molar-refractivity contribution is 5.75. The molecule has 2 atom stereocenters. The Balaban J connectivity index is 1.63. The van der Waals surface area contributed by atoms with Gasteiger partial charge in [0.15, 0.2) is 0 Å². The van der Waals surface area contributed by atoms with Crippen LogP contribution in [0.15, 0.2) is 30.3 Å². The van der Waals surface area contributed by atoms with E-state index >= 15 is 0 Å². The number of aliphatic hydroxyl groups excluding tert-OH is 1. The summed E-state index contributed by atoms with van der Waals surface area (Å²) in [6, 6.07) is 9.51. The number of rotatable bonds is 7. The van der Waals surface area contributed by atoms with Crippen molar-refractivity contribution in [3.63, 3.8) is 0 Å². The monoisotopic (exact) mass is 291 g/mol. The zero-order valence-electron chi connectivity index (χ0n) is 12.5. The molecule has 1 saturated carbocycles. The summed E-state index contributed by atoms with van der Waals surface area (Å²) < 4.78 is 5.51. The van der Waals surface area contributed by atoms with Gasteiger partial charge in [-0.05, 0) is 36.8 Å². The maximum atomic E-state index is 11.8. The predicted molar refractivity (Wildman–Crippen MR) is 82.1 cm³/mol. The van der Waals surface area contributed by atoms with Crippen molar-refractivity contribution in [3.8, 4) is 5.75 Å². The van der Waals surface area contributed by atoms with Crippen molar-refractivity contribution < 1.29 is 14.6 Å². The largest absolute Gasteiger partial charge is 0.493 e. The van der Waals surface area contributed by atoms with E-state index in [-0.39, 0.29) is 12.5 Å². The molecule has 1 amide bonds. The van der Waals surface area contributed by atoms with Gasteiger partial charge in [0.2, 0.25) is 5.91 Å². The molecule has 0 radical (unpaired) electrons. The Kier molecular flexibility index (Phi) is 6.54. The minimum absolute atomic E-state index is 0.0215. The lowest BCUT2D eigenvalue weighted by molar-refractivity contribution is -0.121. The number of carbonyl (C=O) groups is 1. The zero-order chi connectivity index (χ0) is 14.9. The third-order valence-corrected chi connectivity index (χ3v) is 4.20. The van der Waals surface area contributed by atoms with E-state index in [9.17, 15) is 9.90 Å². The second kappa shape index (κ2) is 8.67. The van der Waals surface area contributed by atoms with E-state index in [4.69, 9.17) is 4.74 Å². The van der Waals surface area contributed by atoms with E-state index in [1.165, 1.54) is 12.8 Å². The van der Waals surface area contributed by atoms with E-state index in [1.54, 1.807) is 0 Å². The van der Waals surface area contributed by atoms with Crippen LogP contribution in [0.4, 0.5) is 0 Å². The molecule has 1 aliphatic carbocycles. The number of nitrogens with one attached hydrogen (secondary N) is 1. The fourth-order valence-corrected chi connectivity index (χ4v) is 2.91. The molecular weight excluding hydrogens is 266 g/mol. The van der Waals surface area contributed by atoms with Crippen molar-refractivity contribution in [2.45, 2.75) is 32.1 Å². The Morgan fingerprint density at radius 2 is 1.90 bits per heavy atom.